The van der Waals surface area contributed by atoms with E-state index in [4.69, 9.17) is 0 Å². The van der Waals surface area contributed by atoms with Gasteiger partial charge in [-0.2, -0.15) is 5.26 Å². The molecule has 1 N–H and O–H groups in total. The van der Waals surface area contributed by atoms with Crippen molar-refractivity contribution in [3.05, 3.63) is 42.0 Å². The first-order chi connectivity index (χ1) is 10.3. The van der Waals surface area contributed by atoms with Gasteiger partial charge in [-0.15, -0.1) is 0 Å². The van der Waals surface area contributed by atoms with Crippen LogP contribution in [0.1, 0.15) is 51.5 Å². The van der Waals surface area contributed by atoms with Gasteiger partial charge in [0.2, 0.25) is 0 Å². The molecule has 110 valence electrons. The third kappa shape index (κ3) is 3.98. The fraction of sp³-hybridized carbons (Fsp3) is 0.421. The van der Waals surface area contributed by atoms with Crippen molar-refractivity contribution in [2.24, 2.45) is 0 Å². The molecule has 2 rings (SSSR count). The largest absolute Gasteiger partial charge is 0.382 e. The van der Waals surface area contributed by atoms with Crippen LogP contribution in [0, 0.1) is 11.3 Å². The Balaban J connectivity index is 2.10. The number of nitrogens with one attached hydrogen (secondary N) is 1. The molecule has 1 atom stereocenters. The summed E-state index contributed by atoms with van der Waals surface area (Å²) in [5.74, 6) is 0. The van der Waals surface area contributed by atoms with E-state index in [1.807, 2.05) is 30.3 Å². The molecule has 0 aliphatic rings. The lowest BCUT2D eigenvalue weighted by Crippen LogP contribution is -2.15. The molecular weight excluding hydrogens is 256 g/mol. The third-order valence-corrected chi connectivity index (χ3v) is 3.94. The quantitative estimate of drug-likeness (QED) is 0.681. The monoisotopic (exact) mass is 280 g/mol. The maximum Gasteiger partial charge on any atom is 0.0998 e. The second-order valence-corrected chi connectivity index (χ2v) is 5.71. The van der Waals surface area contributed by atoms with Gasteiger partial charge in [0.1, 0.15) is 0 Å². The van der Waals surface area contributed by atoms with Crippen LogP contribution in [0.15, 0.2) is 36.4 Å². The molecule has 0 radical (unpaired) electrons. The van der Waals surface area contributed by atoms with E-state index in [9.17, 15) is 5.26 Å². The summed E-state index contributed by atoms with van der Waals surface area (Å²) in [6.07, 6.45) is 6.38. The van der Waals surface area contributed by atoms with Gasteiger partial charge >= 0.3 is 0 Å². The van der Waals surface area contributed by atoms with Crippen LogP contribution in [0.2, 0.25) is 0 Å². The minimum Gasteiger partial charge on any atom is -0.382 e. The van der Waals surface area contributed by atoms with Crippen LogP contribution in [0.25, 0.3) is 10.8 Å². The molecule has 0 bridgehead atoms. The second-order valence-electron chi connectivity index (χ2n) is 5.71. The van der Waals surface area contributed by atoms with Gasteiger partial charge in [0.05, 0.1) is 11.6 Å². The number of benzene rings is 2. The number of hydrogen-bond donors (Lipinski definition) is 1. The minimum absolute atomic E-state index is 0.457. The highest BCUT2D eigenvalue weighted by Gasteiger charge is 2.08. The summed E-state index contributed by atoms with van der Waals surface area (Å²) in [5.41, 5.74) is 1.87. The van der Waals surface area contributed by atoms with E-state index >= 15 is 0 Å². The summed E-state index contributed by atoms with van der Waals surface area (Å²) in [5, 5.41) is 15.0. The normalized spacial score (nSPS) is 12.0. The molecule has 0 heterocycles. The molecule has 0 aliphatic heterocycles. The molecule has 0 spiro atoms. The molecule has 2 heteroatoms. The Labute approximate surface area is 127 Å². The molecule has 0 amide bonds. The number of anilines is 1. The van der Waals surface area contributed by atoms with Crippen molar-refractivity contribution >= 4 is 16.5 Å². The van der Waals surface area contributed by atoms with Crippen LogP contribution >= 0.6 is 0 Å². The predicted molar refractivity (Wildman–Crippen MR) is 90.5 cm³/mol. The Hall–Kier alpha value is -2.01. The second kappa shape index (κ2) is 7.69. The van der Waals surface area contributed by atoms with Gasteiger partial charge in [-0.3, -0.25) is 0 Å². The van der Waals surface area contributed by atoms with Gasteiger partial charge in [-0.25, -0.2) is 0 Å². The van der Waals surface area contributed by atoms with E-state index in [1.165, 1.54) is 32.1 Å². The number of fused-ring (bicyclic) bond motifs is 1. The van der Waals surface area contributed by atoms with Gasteiger partial charge in [-0.05, 0) is 25.5 Å². The van der Waals surface area contributed by atoms with Crippen LogP contribution in [-0.2, 0) is 0 Å². The van der Waals surface area contributed by atoms with E-state index in [0.717, 1.165) is 22.0 Å². The van der Waals surface area contributed by atoms with Gasteiger partial charge in [0, 0.05) is 22.5 Å². The fourth-order valence-corrected chi connectivity index (χ4v) is 2.74. The first-order valence-corrected chi connectivity index (χ1v) is 7.94. The minimum atomic E-state index is 0.457. The van der Waals surface area contributed by atoms with Crippen molar-refractivity contribution in [2.75, 3.05) is 5.32 Å². The molecule has 0 saturated carbocycles. The van der Waals surface area contributed by atoms with E-state index in [0.29, 0.717) is 6.04 Å². The van der Waals surface area contributed by atoms with Crippen LogP contribution in [0.5, 0.6) is 0 Å². The van der Waals surface area contributed by atoms with E-state index in [-0.39, 0.29) is 0 Å². The zero-order valence-electron chi connectivity index (χ0n) is 13.0. The standard InChI is InChI=1S/C19H24N2/c1-3-4-5-6-9-15(2)21-19-13-12-16(14-20)17-10-7-8-11-18(17)19/h7-8,10-13,15,21H,3-6,9H2,1-2H3. The maximum absolute atomic E-state index is 9.20. The van der Waals surface area contributed by atoms with E-state index in [2.05, 4.69) is 31.3 Å². The Morgan fingerprint density at radius 2 is 1.81 bits per heavy atom. The predicted octanol–water partition coefficient (Wildman–Crippen LogP) is 5.48. The lowest BCUT2D eigenvalue weighted by molar-refractivity contribution is 0.594. The Bertz CT molecular complexity index is 625. The zero-order chi connectivity index (χ0) is 15.1. The van der Waals surface area contributed by atoms with Crippen molar-refractivity contribution in [2.45, 2.75) is 52.0 Å². The number of nitriles is 1. The smallest absolute Gasteiger partial charge is 0.0998 e. The molecule has 0 saturated heterocycles. The fourth-order valence-electron chi connectivity index (χ4n) is 2.74. The summed E-state index contributed by atoms with van der Waals surface area (Å²) in [6.45, 7) is 4.48. The van der Waals surface area contributed by atoms with Crippen LogP contribution in [0.4, 0.5) is 5.69 Å². The number of hydrogen-bond acceptors (Lipinski definition) is 2. The molecule has 0 aliphatic carbocycles. The molecule has 0 fully saturated rings. The first kappa shape index (κ1) is 15.4. The van der Waals surface area contributed by atoms with Crippen molar-refractivity contribution in [3.8, 4) is 6.07 Å². The molecule has 0 aromatic heterocycles. The molecule has 21 heavy (non-hydrogen) atoms. The third-order valence-electron chi connectivity index (χ3n) is 3.94. The SMILES string of the molecule is CCCCCCC(C)Nc1ccc(C#N)c2ccccc12. The van der Waals surface area contributed by atoms with Gasteiger partial charge in [0.15, 0.2) is 0 Å². The highest BCUT2D eigenvalue weighted by atomic mass is 14.9. The highest BCUT2D eigenvalue weighted by Crippen LogP contribution is 2.27. The zero-order valence-corrected chi connectivity index (χ0v) is 13.0. The lowest BCUT2D eigenvalue weighted by atomic mass is 10.0. The van der Waals surface area contributed by atoms with E-state index in [1.54, 1.807) is 0 Å². The summed E-state index contributed by atoms with van der Waals surface area (Å²) in [7, 11) is 0. The summed E-state index contributed by atoms with van der Waals surface area (Å²) < 4.78 is 0. The Morgan fingerprint density at radius 1 is 1.05 bits per heavy atom. The maximum atomic E-state index is 9.20. The van der Waals surface area contributed by atoms with Crippen molar-refractivity contribution in [3.63, 3.8) is 0 Å². The molecule has 2 aromatic carbocycles. The topological polar surface area (TPSA) is 35.8 Å². The first-order valence-electron chi connectivity index (χ1n) is 7.94. The number of unbranched alkanes of at least 4 members (excludes halogenated alkanes) is 3. The van der Waals surface area contributed by atoms with Crippen LogP contribution < -0.4 is 5.32 Å². The number of nitrogens with zero attached hydrogens (tertiary/aromatic N) is 1. The van der Waals surface area contributed by atoms with Crippen LogP contribution in [0.3, 0.4) is 0 Å². The van der Waals surface area contributed by atoms with Crippen molar-refractivity contribution in [1.82, 2.24) is 0 Å². The summed E-state index contributed by atoms with van der Waals surface area (Å²) in [4.78, 5) is 0. The van der Waals surface area contributed by atoms with Gasteiger partial charge in [-0.1, -0.05) is 56.9 Å². The van der Waals surface area contributed by atoms with Crippen molar-refractivity contribution in [1.29, 1.82) is 5.26 Å². The molecule has 2 nitrogen and oxygen atoms in total. The van der Waals surface area contributed by atoms with E-state index < -0.39 is 0 Å². The summed E-state index contributed by atoms with van der Waals surface area (Å²) >= 11 is 0. The number of rotatable bonds is 7. The van der Waals surface area contributed by atoms with Crippen LogP contribution in [-0.4, -0.2) is 6.04 Å². The Kier molecular flexibility index (Phi) is 5.63. The molecular formula is C19H24N2. The molecule has 1 unspecified atom stereocenters. The Morgan fingerprint density at radius 3 is 2.52 bits per heavy atom. The average molecular weight is 280 g/mol. The van der Waals surface area contributed by atoms with Gasteiger partial charge in [0.25, 0.3) is 0 Å². The lowest BCUT2D eigenvalue weighted by Gasteiger charge is -2.17. The summed E-state index contributed by atoms with van der Waals surface area (Å²) in [6, 6.07) is 14.8. The van der Waals surface area contributed by atoms with Crippen molar-refractivity contribution < 1.29 is 0 Å². The van der Waals surface area contributed by atoms with Gasteiger partial charge < -0.3 is 5.32 Å². The molecule has 2 aromatic rings. The highest BCUT2D eigenvalue weighted by molar-refractivity contribution is 5.97. The average Bonchev–Trinajstić information content (AvgIpc) is 2.52.